The van der Waals surface area contributed by atoms with E-state index in [9.17, 15) is 4.79 Å². The number of nitrogens with zero attached hydrogens (tertiary/aromatic N) is 1. The van der Waals surface area contributed by atoms with Crippen LogP contribution >= 0.6 is 0 Å². The fraction of sp³-hybridized carbons (Fsp3) is 0.400. The van der Waals surface area contributed by atoms with Gasteiger partial charge in [0.25, 0.3) is 0 Å². The van der Waals surface area contributed by atoms with Crippen LogP contribution in [-0.4, -0.2) is 37.6 Å². The highest BCUT2D eigenvalue weighted by atomic mass is 16.1. The van der Waals surface area contributed by atoms with Crippen molar-refractivity contribution in [1.29, 1.82) is 0 Å². The quantitative estimate of drug-likeness (QED) is 0.604. The molecule has 1 rings (SSSR count). The van der Waals surface area contributed by atoms with Gasteiger partial charge in [0.15, 0.2) is 0 Å². The molecule has 0 aliphatic heterocycles. The van der Waals surface area contributed by atoms with E-state index in [0.717, 1.165) is 17.6 Å². The van der Waals surface area contributed by atoms with E-state index in [1.807, 2.05) is 13.0 Å². The first-order valence-corrected chi connectivity index (χ1v) is 6.30. The average molecular weight is 247 g/mol. The second-order valence-corrected chi connectivity index (χ2v) is 5.09. The minimum Gasteiger partial charge on any atom is -0.347 e. The van der Waals surface area contributed by atoms with Gasteiger partial charge in [-0.3, -0.25) is 4.79 Å². The summed E-state index contributed by atoms with van der Waals surface area (Å²) in [4.78, 5) is 11.3. The highest BCUT2D eigenvalue weighted by Crippen LogP contribution is 2.07. The van der Waals surface area contributed by atoms with Crippen LogP contribution in [-0.2, 0) is 11.3 Å². The molecule has 0 bridgehead atoms. The molecule has 98 valence electrons. The number of likely N-dealkylation sites (N-methyl/N-ethyl adjacent to an activating group) is 1. The summed E-state index contributed by atoms with van der Waals surface area (Å²) in [5, 5.41) is 2.88. The predicted octanol–water partition coefficient (Wildman–Crippen LogP) is 1.96. The molecule has 1 amide bonds. The SMILES string of the molecule is CC=CC(=O)NCC[N+](C)(C)Cc1ccccc1. The van der Waals surface area contributed by atoms with Gasteiger partial charge < -0.3 is 9.80 Å². The van der Waals surface area contributed by atoms with E-state index in [1.165, 1.54) is 5.56 Å². The number of nitrogens with one attached hydrogen (secondary N) is 1. The summed E-state index contributed by atoms with van der Waals surface area (Å²) in [7, 11) is 4.35. The van der Waals surface area contributed by atoms with Crippen molar-refractivity contribution in [3.63, 3.8) is 0 Å². The van der Waals surface area contributed by atoms with Crippen molar-refractivity contribution in [3.05, 3.63) is 48.0 Å². The van der Waals surface area contributed by atoms with E-state index in [4.69, 9.17) is 0 Å². The number of carbonyl (C=O) groups excluding carboxylic acids is 1. The Bertz CT molecular complexity index is 396. The zero-order chi connectivity index (χ0) is 13.4. The van der Waals surface area contributed by atoms with Crippen LogP contribution in [0.5, 0.6) is 0 Å². The fourth-order valence-corrected chi connectivity index (χ4v) is 1.85. The van der Waals surface area contributed by atoms with Gasteiger partial charge in [-0.05, 0) is 13.0 Å². The first kappa shape index (κ1) is 14.5. The van der Waals surface area contributed by atoms with Crippen LogP contribution < -0.4 is 5.32 Å². The number of quaternary nitrogens is 1. The molecule has 0 unspecified atom stereocenters. The number of carbonyl (C=O) groups is 1. The number of benzene rings is 1. The molecule has 0 saturated carbocycles. The molecule has 0 fully saturated rings. The predicted molar refractivity (Wildman–Crippen MR) is 74.9 cm³/mol. The minimum absolute atomic E-state index is 0.0165. The van der Waals surface area contributed by atoms with Crippen LogP contribution in [0.25, 0.3) is 0 Å². The zero-order valence-corrected chi connectivity index (χ0v) is 11.5. The number of hydrogen-bond donors (Lipinski definition) is 1. The summed E-state index contributed by atoms with van der Waals surface area (Å²) < 4.78 is 0.861. The van der Waals surface area contributed by atoms with Gasteiger partial charge in [-0.2, -0.15) is 0 Å². The molecule has 0 spiro atoms. The molecule has 3 heteroatoms. The maximum absolute atomic E-state index is 11.3. The van der Waals surface area contributed by atoms with Gasteiger partial charge in [-0.25, -0.2) is 0 Å². The topological polar surface area (TPSA) is 29.1 Å². The Labute approximate surface area is 110 Å². The Morgan fingerprint density at radius 3 is 2.56 bits per heavy atom. The van der Waals surface area contributed by atoms with Crippen LogP contribution in [0.2, 0.25) is 0 Å². The molecular formula is C15H23N2O+. The summed E-state index contributed by atoms with van der Waals surface area (Å²) >= 11 is 0. The van der Waals surface area contributed by atoms with Crippen LogP contribution in [0.1, 0.15) is 12.5 Å². The second-order valence-electron chi connectivity index (χ2n) is 5.09. The van der Waals surface area contributed by atoms with Gasteiger partial charge in [0.1, 0.15) is 6.54 Å². The highest BCUT2D eigenvalue weighted by Gasteiger charge is 2.15. The first-order valence-electron chi connectivity index (χ1n) is 6.30. The lowest BCUT2D eigenvalue weighted by molar-refractivity contribution is -0.902. The summed E-state index contributed by atoms with van der Waals surface area (Å²) in [6.07, 6.45) is 3.30. The Hall–Kier alpha value is -1.61. The number of allylic oxidation sites excluding steroid dienone is 1. The molecule has 1 aromatic carbocycles. The molecule has 18 heavy (non-hydrogen) atoms. The molecule has 0 atom stereocenters. The normalized spacial score (nSPS) is 11.7. The van der Waals surface area contributed by atoms with Crippen LogP contribution in [0, 0.1) is 0 Å². The van der Waals surface area contributed by atoms with Crippen molar-refractivity contribution >= 4 is 5.91 Å². The van der Waals surface area contributed by atoms with E-state index in [0.29, 0.717) is 6.54 Å². The van der Waals surface area contributed by atoms with Gasteiger partial charge in [-0.1, -0.05) is 36.4 Å². The van der Waals surface area contributed by atoms with E-state index in [1.54, 1.807) is 12.2 Å². The lowest BCUT2D eigenvalue weighted by Gasteiger charge is -2.29. The minimum atomic E-state index is -0.0165. The van der Waals surface area contributed by atoms with Crippen molar-refractivity contribution in [2.24, 2.45) is 0 Å². The zero-order valence-electron chi connectivity index (χ0n) is 11.5. The van der Waals surface area contributed by atoms with Gasteiger partial charge in [0, 0.05) is 5.56 Å². The Kier molecular flexibility index (Phi) is 5.59. The largest absolute Gasteiger partial charge is 0.347 e. The molecule has 3 nitrogen and oxygen atoms in total. The van der Waals surface area contributed by atoms with Crippen molar-refractivity contribution < 1.29 is 9.28 Å². The molecule has 0 saturated heterocycles. The van der Waals surface area contributed by atoms with Crippen LogP contribution in [0.4, 0.5) is 0 Å². The van der Waals surface area contributed by atoms with Crippen LogP contribution in [0.15, 0.2) is 42.5 Å². The maximum Gasteiger partial charge on any atom is 0.243 e. The number of amides is 1. The monoisotopic (exact) mass is 247 g/mol. The number of hydrogen-bond acceptors (Lipinski definition) is 1. The molecule has 0 aliphatic rings. The smallest absolute Gasteiger partial charge is 0.243 e. The average Bonchev–Trinajstić information content (AvgIpc) is 2.29. The summed E-state index contributed by atoms with van der Waals surface area (Å²) in [6.45, 7) is 4.43. The second kappa shape index (κ2) is 6.97. The lowest BCUT2D eigenvalue weighted by Crippen LogP contribution is -2.44. The van der Waals surface area contributed by atoms with Crippen molar-refractivity contribution in [2.45, 2.75) is 13.5 Å². The molecule has 0 heterocycles. The van der Waals surface area contributed by atoms with E-state index in [2.05, 4.69) is 43.7 Å². The lowest BCUT2D eigenvalue weighted by atomic mass is 10.2. The Morgan fingerprint density at radius 1 is 1.28 bits per heavy atom. The first-order chi connectivity index (χ1) is 8.53. The van der Waals surface area contributed by atoms with E-state index >= 15 is 0 Å². The Morgan fingerprint density at radius 2 is 1.94 bits per heavy atom. The Balaban J connectivity index is 2.38. The molecule has 1 N–H and O–H groups in total. The molecular weight excluding hydrogens is 224 g/mol. The van der Waals surface area contributed by atoms with Gasteiger partial charge in [0.05, 0.1) is 27.2 Å². The van der Waals surface area contributed by atoms with E-state index < -0.39 is 0 Å². The standard InChI is InChI=1S/C15H22N2O/c1-4-8-15(18)16-11-12-17(2,3)13-14-9-6-5-7-10-14/h4-10H,11-13H2,1-3H3/p+1. The maximum atomic E-state index is 11.3. The van der Waals surface area contributed by atoms with Crippen molar-refractivity contribution in [1.82, 2.24) is 5.32 Å². The van der Waals surface area contributed by atoms with Gasteiger partial charge in [-0.15, -0.1) is 0 Å². The molecule has 1 aromatic rings. The van der Waals surface area contributed by atoms with Crippen LogP contribution in [0.3, 0.4) is 0 Å². The number of rotatable bonds is 6. The third kappa shape index (κ3) is 5.64. The van der Waals surface area contributed by atoms with Gasteiger partial charge >= 0.3 is 0 Å². The summed E-state index contributed by atoms with van der Waals surface area (Å²) in [5.74, 6) is -0.0165. The fourth-order valence-electron chi connectivity index (χ4n) is 1.85. The highest BCUT2D eigenvalue weighted by molar-refractivity contribution is 5.87. The van der Waals surface area contributed by atoms with Gasteiger partial charge in [0.2, 0.25) is 5.91 Å². The molecule has 0 aromatic heterocycles. The van der Waals surface area contributed by atoms with E-state index in [-0.39, 0.29) is 5.91 Å². The third-order valence-electron chi connectivity index (χ3n) is 2.79. The van der Waals surface area contributed by atoms with Crippen molar-refractivity contribution in [2.75, 3.05) is 27.2 Å². The summed E-state index contributed by atoms with van der Waals surface area (Å²) in [6, 6.07) is 10.4. The molecule has 0 aliphatic carbocycles. The third-order valence-corrected chi connectivity index (χ3v) is 2.79. The molecule has 0 radical (unpaired) electrons. The summed E-state index contributed by atoms with van der Waals surface area (Å²) in [5.41, 5.74) is 1.32. The van der Waals surface area contributed by atoms with Crippen molar-refractivity contribution in [3.8, 4) is 0 Å².